The van der Waals surface area contributed by atoms with E-state index in [4.69, 9.17) is 0 Å². The van der Waals surface area contributed by atoms with Gasteiger partial charge in [-0.25, -0.2) is 8.42 Å². The van der Waals surface area contributed by atoms with Gasteiger partial charge in [-0.15, -0.1) is 0 Å². The van der Waals surface area contributed by atoms with Gasteiger partial charge in [-0.1, -0.05) is 12.1 Å². The fraction of sp³-hybridized carbons (Fsp3) is 0.100. The highest BCUT2D eigenvalue weighted by atomic mass is 32.2. The Morgan fingerprint density at radius 3 is 2.35 bits per heavy atom. The van der Waals surface area contributed by atoms with Gasteiger partial charge in [0.15, 0.2) is 6.29 Å². The standard InChI is InChI=1S/C10H5F3O3S/c11-10(12,13)8-3-1-2-6-4-7(5-14)17(15,16)9(6)8/h1-5H. The van der Waals surface area contributed by atoms with Crippen LogP contribution in [0.1, 0.15) is 11.1 Å². The third-order valence-electron chi connectivity index (χ3n) is 2.34. The summed E-state index contributed by atoms with van der Waals surface area (Å²) in [5, 5.41) is 0. The molecular formula is C10H5F3O3S. The first-order valence-corrected chi connectivity index (χ1v) is 5.89. The van der Waals surface area contributed by atoms with Crippen LogP contribution in [0.4, 0.5) is 13.2 Å². The fourth-order valence-corrected chi connectivity index (χ4v) is 3.19. The zero-order valence-electron chi connectivity index (χ0n) is 8.15. The average molecular weight is 262 g/mol. The summed E-state index contributed by atoms with van der Waals surface area (Å²) in [7, 11) is -4.34. The molecule has 1 aromatic rings. The number of benzene rings is 1. The summed E-state index contributed by atoms with van der Waals surface area (Å²) in [6, 6.07) is 3.00. The second-order valence-corrected chi connectivity index (χ2v) is 5.28. The van der Waals surface area contributed by atoms with Crippen molar-refractivity contribution in [1.29, 1.82) is 0 Å². The van der Waals surface area contributed by atoms with Gasteiger partial charge in [-0.2, -0.15) is 13.2 Å². The minimum atomic E-state index is -4.77. The number of hydrogen-bond acceptors (Lipinski definition) is 3. The second kappa shape index (κ2) is 3.43. The molecule has 0 amide bonds. The Kier molecular flexibility index (Phi) is 2.39. The van der Waals surface area contributed by atoms with Crippen molar-refractivity contribution in [3.05, 3.63) is 34.2 Å². The van der Waals surface area contributed by atoms with Crippen LogP contribution in [0.2, 0.25) is 0 Å². The SMILES string of the molecule is O=CC1=Cc2cccc(C(F)(F)F)c2S1(=O)=O. The van der Waals surface area contributed by atoms with Crippen LogP contribution < -0.4 is 0 Å². The lowest BCUT2D eigenvalue weighted by atomic mass is 10.1. The van der Waals surface area contributed by atoms with E-state index in [2.05, 4.69) is 0 Å². The molecule has 0 aromatic heterocycles. The van der Waals surface area contributed by atoms with Crippen LogP contribution in [-0.4, -0.2) is 14.7 Å². The van der Waals surface area contributed by atoms with Crippen molar-refractivity contribution in [1.82, 2.24) is 0 Å². The summed E-state index contributed by atoms with van der Waals surface area (Å²) in [5.41, 5.74) is -1.36. The van der Waals surface area contributed by atoms with E-state index in [9.17, 15) is 26.4 Å². The van der Waals surface area contributed by atoms with Gasteiger partial charge in [-0.05, 0) is 17.7 Å². The number of fused-ring (bicyclic) bond motifs is 1. The van der Waals surface area contributed by atoms with Crippen molar-refractivity contribution in [3.8, 4) is 0 Å². The van der Waals surface area contributed by atoms with Crippen LogP contribution >= 0.6 is 0 Å². The molecule has 0 unspecified atom stereocenters. The third-order valence-corrected chi connectivity index (χ3v) is 4.17. The summed E-state index contributed by atoms with van der Waals surface area (Å²) in [5.74, 6) is 0. The van der Waals surface area contributed by atoms with Gasteiger partial charge in [0.25, 0.3) is 0 Å². The molecule has 2 rings (SSSR count). The maximum absolute atomic E-state index is 12.6. The topological polar surface area (TPSA) is 51.2 Å². The molecule has 0 atom stereocenters. The predicted octanol–water partition coefficient (Wildman–Crippen LogP) is 2.03. The van der Waals surface area contributed by atoms with Gasteiger partial charge in [0.05, 0.1) is 10.5 Å². The zero-order chi connectivity index (χ0) is 12.8. The van der Waals surface area contributed by atoms with Crippen LogP contribution in [0.25, 0.3) is 6.08 Å². The Labute approximate surface area is 94.5 Å². The van der Waals surface area contributed by atoms with Crippen molar-refractivity contribution in [3.63, 3.8) is 0 Å². The summed E-state index contributed by atoms with van der Waals surface area (Å²) >= 11 is 0. The number of sulfone groups is 1. The molecule has 0 spiro atoms. The summed E-state index contributed by atoms with van der Waals surface area (Å²) in [6.07, 6.45) is -3.80. The number of allylic oxidation sites excluding steroid dienone is 1. The quantitative estimate of drug-likeness (QED) is 0.728. The van der Waals surface area contributed by atoms with Crippen LogP contribution in [-0.2, 0) is 20.8 Å². The average Bonchev–Trinajstić information content (AvgIpc) is 2.49. The molecule has 0 bridgehead atoms. The van der Waals surface area contributed by atoms with E-state index in [0.717, 1.165) is 12.1 Å². The number of carbonyl (C=O) groups excluding carboxylic acids is 1. The molecule has 1 heterocycles. The Bertz CT molecular complexity index is 627. The molecule has 0 saturated heterocycles. The van der Waals surface area contributed by atoms with E-state index in [0.29, 0.717) is 6.07 Å². The maximum Gasteiger partial charge on any atom is 0.417 e. The minimum absolute atomic E-state index is 0.0372. The molecule has 0 saturated carbocycles. The summed E-state index contributed by atoms with van der Waals surface area (Å²) in [6.45, 7) is 0. The Morgan fingerprint density at radius 2 is 1.82 bits per heavy atom. The maximum atomic E-state index is 12.6. The van der Waals surface area contributed by atoms with E-state index in [-0.39, 0.29) is 11.8 Å². The van der Waals surface area contributed by atoms with Crippen molar-refractivity contribution >= 4 is 22.2 Å². The smallest absolute Gasteiger partial charge is 0.297 e. The number of carbonyl (C=O) groups is 1. The van der Waals surface area contributed by atoms with Gasteiger partial charge >= 0.3 is 6.18 Å². The molecule has 0 aliphatic carbocycles. The molecule has 1 aromatic carbocycles. The molecule has 3 nitrogen and oxygen atoms in total. The van der Waals surface area contributed by atoms with Crippen LogP contribution in [0.3, 0.4) is 0 Å². The predicted molar refractivity (Wildman–Crippen MR) is 52.7 cm³/mol. The van der Waals surface area contributed by atoms with Crippen LogP contribution in [0.5, 0.6) is 0 Å². The number of halogens is 3. The van der Waals surface area contributed by atoms with Crippen molar-refractivity contribution in [2.24, 2.45) is 0 Å². The van der Waals surface area contributed by atoms with Gasteiger partial charge in [0.2, 0.25) is 9.84 Å². The first-order chi connectivity index (χ1) is 7.78. The highest BCUT2D eigenvalue weighted by Crippen LogP contribution is 2.41. The number of alkyl halides is 3. The number of hydrogen-bond donors (Lipinski definition) is 0. The number of aldehydes is 1. The highest BCUT2D eigenvalue weighted by Gasteiger charge is 2.41. The second-order valence-electron chi connectivity index (χ2n) is 3.39. The zero-order valence-corrected chi connectivity index (χ0v) is 8.97. The first-order valence-electron chi connectivity index (χ1n) is 4.40. The van der Waals surface area contributed by atoms with Gasteiger partial charge in [0.1, 0.15) is 4.91 Å². The van der Waals surface area contributed by atoms with E-state index in [1.165, 1.54) is 6.07 Å². The molecule has 0 radical (unpaired) electrons. The molecule has 17 heavy (non-hydrogen) atoms. The van der Waals surface area contributed by atoms with Crippen molar-refractivity contribution in [2.75, 3.05) is 0 Å². The first kappa shape index (κ1) is 11.8. The lowest BCUT2D eigenvalue weighted by Gasteiger charge is -2.11. The van der Waals surface area contributed by atoms with Crippen LogP contribution in [0, 0.1) is 0 Å². The molecule has 1 aliphatic rings. The largest absolute Gasteiger partial charge is 0.417 e. The lowest BCUT2D eigenvalue weighted by Crippen LogP contribution is -2.13. The van der Waals surface area contributed by atoms with Crippen LogP contribution in [0.15, 0.2) is 28.0 Å². The molecular weight excluding hydrogens is 257 g/mol. The van der Waals surface area contributed by atoms with E-state index < -0.39 is 31.4 Å². The Balaban J connectivity index is 2.81. The molecule has 0 fully saturated rings. The van der Waals surface area contributed by atoms with E-state index in [1.54, 1.807) is 0 Å². The Morgan fingerprint density at radius 1 is 1.18 bits per heavy atom. The Hall–Kier alpha value is -1.63. The van der Waals surface area contributed by atoms with E-state index >= 15 is 0 Å². The third kappa shape index (κ3) is 1.66. The summed E-state index contributed by atoms with van der Waals surface area (Å²) < 4.78 is 61.3. The molecule has 90 valence electrons. The van der Waals surface area contributed by atoms with Gasteiger partial charge in [-0.3, -0.25) is 4.79 Å². The lowest BCUT2D eigenvalue weighted by molar-refractivity contribution is -0.139. The highest BCUT2D eigenvalue weighted by molar-refractivity contribution is 7.96. The van der Waals surface area contributed by atoms with E-state index in [1.807, 2.05) is 0 Å². The summed E-state index contributed by atoms with van der Waals surface area (Å²) in [4.78, 5) is 9.04. The molecule has 1 aliphatic heterocycles. The monoisotopic (exact) mass is 262 g/mol. The van der Waals surface area contributed by atoms with Gasteiger partial charge < -0.3 is 0 Å². The normalized spacial score (nSPS) is 17.5. The van der Waals surface area contributed by atoms with Crippen molar-refractivity contribution < 1.29 is 26.4 Å². The van der Waals surface area contributed by atoms with Crippen molar-refractivity contribution in [2.45, 2.75) is 11.1 Å². The fourth-order valence-electron chi connectivity index (χ4n) is 1.64. The molecule has 7 heteroatoms. The molecule has 0 N–H and O–H groups in total. The number of rotatable bonds is 1. The minimum Gasteiger partial charge on any atom is -0.297 e. The van der Waals surface area contributed by atoms with Gasteiger partial charge in [0, 0.05) is 0 Å².